The lowest BCUT2D eigenvalue weighted by Crippen LogP contribution is -2.00. The third-order valence-electron chi connectivity index (χ3n) is 12.1. The number of rotatable bonds is 7. The summed E-state index contributed by atoms with van der Waals surface area (Å²) in [5.74, 6) is 1.79. The first-order valence-corrected chi connectivity index (χ1v) is 21.2. The first-order chi connectivity index (χ1) is 31.2. The van der Waals surface area contributed by atoms with Gasteiger partial charge in [-0.2, -0.15) is 0 Å². The average molecular weight is 804 g/mol. The molecule has 294 valence electrons. The maximum Gasteiger partial charge on any atom is 0.164 e. The molecule has 2 heterocycles. The van der Waals surface area contributed by atoms with Crippen molar-refractivity contribution in [1.82, 2.24) is 15.0 Å². The average Bonchev–Trinajstić information content (AvgIpc) is 3.76. The van der Waals surface area contributed by atoms with Crippen molar-refractivity contribution in [2.24, 2.45) is 0 Å². The van der Waals surface area contributed by atoms with Gasteiger partial charge >= 0.3 is 0 Å². The Balaban J connectivity index is 0.983. The van der Waals surface area contributed by atoms with Crippen LogP contribution in [0.1, 0.15) is 0 Å². The number of fused-ring (bicyclic) bond motifs is 5. The minimum Gasteiger partial charge on any atom is -0.455 e. The van der Waals surface area contributed by atoms with Crippen LogP contribution in [-0.4, -0.2) is 15.0 Å². The van der Waals surface area contributed by atoms with E-state index in [0.717, 1.165) is 77.2 Å². The number of benzene rings is 10. The molecule has 0 fully saturated rings. The zero-order valence-corrected chi connectivity index (χ0v) is 34.1. The van der Waals surface area contributed by atoms with Crippen LogP contribution in [0.25, 0.3) is 122 Å². The molecule has 0 saturated carbocycles. The highest BCUT2D eigenvalue weighted by atomic mass is 16.3. The summed E-state index contributed by atoms with van der Waals surface area (Å²) in [7, 11) is 0. The number of furan rings is 1. The van der Waals surface area contributed by atoms with Crippen molar-refractivity contribution in [3.05, 3.63) is 224 Å². The Morgan fingerprint density at radius 2 is 0.730 bits per heavy atom. The summed E-state index contributed by atoms with van der Waals surface area (Å²) < 4.78 is 6.77. The number of hydrogen-bond acceptors (Lipinski definition) is 4. The first kappa shape index (κ1) is 36.4. The topological polar surface area (TPSA) is 51.8 Å². The van der Waals surface area contributed by atoms with Gasteiger partial charge in [-0.25, -0.2) is 15.0 Å². The minimum absolute atomic E-state index is 0.582. The molecule has 0 aliphatic heterocycles. The van der Waals surface area contributed by atoms with E-state index in [1.807, 2.05) is 24.3 Å². The molecule has 0 amide bonds. The van der Waals surface area contributed by atoms with Gasteiger partial charge in [-0.1, -0.05) is 200 Å². The molecular weight excluding hydrogens is 767 g/mol. The molecular formula is C59H37N3O. The van der Waals surface area contributed by atoms with Crippen molar-refractivity contribution in [2.45, 2.75) is 0 Å². The largest absolute Gasteiger partial charge is 0.455 e. The highest BCUT2D eigenvalue weighted by Gasteiger charge is 2.20. The summed E-state index contributed by atoms with van der Waals surface area (Å²) in [6.45, 7) is 0. The lowest BCUT2D eigenvalue weighted by Gasteiger charge is -2.11. The van der Waals surface area contributed by atoms with E-state index >= 15 is 0 Å². The second-order valence-corrected chi connectivity index (χ2v) is 16.0. The van der Waals surface area contributed by atoms with E-state index in [-0.39, 0.29) is 0 Å². The van der Waals surface area contributed by atoms with Gasteiger partial charge in [-0.15, -0.1) is 0 Å². The first-order valence-electron chi connectivity index (χ1n) is 21.2. The highest BCUT2D eigenvalue weighted by Crippen LogP contribution is 2.41. The van der Waals surface area contributed by atoms with Crippen LogP contribution in [0.15, 0.2) is 229 Å². The van der Waals surface area contributed by atoms with E-state index in [1.54, 1.807) is 0 Å². The summed E-state index contributed by atoms with van der Waals surface area (Å²) in [6.07, 6.45) is 0. The van der Waals surface area contributed by atoms with E-state index in [2.05, 4.69) is 200 Å². The zero-order valence-electron chi connectivity index (χ0n) is 34.1. The van der Waals surface area contributed by atoms with Gasteiger partial charge in [0, 0.05) is 33.0 Å². The predicted molar refractivity (Wildman–Crippen MR) is 260 cm³/mol. The monoisotopic (exact) mass is 803 g/mol. The number of hydrogen-bond donors (Lipinski definition) is 0. The van der Waals surface area contributed by atoms with Crippen LogP contribution < -0.4 is 0 Å². The third-order valence-corrected chi connectivity index (χ3v) is 12.1. The fraction of sp³-hybridized carbons (Fsp3) is 0. The molecule has 0 bridgehead atoms. The Labute approximate surface area is 364 Å². The Morgan fingerprint density at radius 3 is 1.44 bits per heavy atom. The Bertz CT molecular complexity index is 3650. The van der Waals surface area contributed by atoms with Gasteiger partial charge in [0.1, 0.15) is 11.2 Å². The lowest BCUT2D eigenvalue weighted by atomic mass is 9.97. The van der Waals surface area contributed by atoms with Crippen LogP contribution in [-0.2, 0) is 0 Å². The van der Waals surface area contributed by atoms with E-state index in [1.165, 1.54) is 27.5 Å². The molecule has 0 spiro atoms. The van der Waals surface area contributed by atoms with Crippen molar-refractivity contribution in [3.8, 4) is 78.7 Å². The van der Waals surface area contributed by atoms with Crippen LogP contribution in [0.3, 0.4) is 0 Å². The van der Waals surface area contributed by atoms with Crippen LogP contribution in [0.4, 0.5) is 0 Å². The van der Waals surface area contributed by atoms with Gasteiger partial charge in [0.2, 0.25) is 0 Å². The summed E-state index contributed by atoms with van der Waals surface area (Å²) in [5.41, 5.74) is 13.4. The van der Waals surface area contributed by atoms with Gasteiger partial charge in [-0.3, -0.25) is 0 Å². The molecule has 0 N–H and O–H groups in total. The Kier molecular flexibility index (Phi) is 8.79. The van der Waals surface area contributed by atoms with Gasteiger partial charge in [0.25, 0.3) is 0 Å². The predicted octanol–water partition coefficient (Wildman–Crippen LogP) is 15.7. The molecule has 63 heavy (non-hydrogen) atoms. The van der Waals surface area contributed by atoms with Crippen molar-refractivity contribution in [1.29, 1.82) is 0 Å². The Hall–Kier alpha value is -8.47. The van der Waals surface area contributed by atoms with E-state index in [4.69, 9.17) is 19.4 Å². The molecule has 2 aromatic heterocycles. The molecule has 0 atom stereocenters. The fourth-order valence-corrected chi connectivity index (χ4v) is 8.87. The van der Waals surface area contributed by atoms with Crippen molar-refractivity contribution in [3.63, 3.8) is 0 Å². The van der Waals surface area contributed by atoms with Crippen LogP contribution in [0.2, 0.25) is 0 Å². The summed E-state index contributed by atoms with van der Waals surface area (Å²) in [5, 5.41) is 6.71. The standard InChI is InChI=1S/C59H37N3O/c1-3-11-38(12-4-1)41-23-30-45(31-24-41)57-60-58(49-34-27-43-26-33-48(36-50(43)37-49)39-13-5-2-6-14-39)62-59(61-57)53-19-10-20-54-55(53)52-18-9-17-51(56(52)63-54)44-28-21-42(22-29-44)47-32-25-40-15-7-8-16-46(40)35-47/h1-37H. The normalized spacial score (nSPS) is 11.5. The molecule has 4 heteroatoms. The van der Waals surface area contributed by atoms with Crippen molar-refractivity contribution in [2.75, 3.05) is 0 Å². The van der Waals surface area contributed by atoms with E-state index in [9.17, 15) is 0 Å². The van der Waals surface area contributed by atoms with E-state index < -0.39 is 0 Å². The van der Waals surface area contributed by atoms with Gasteiger partial charge in [0.15, 0.2) is 17.5 Å². The van der Waals surface area contributed by atoms with Gasteiger partial charge in [0.05, 0.1) is 0 Å². The molecule has 0 aliphatic carbocycles. The molecule has 0 aliphatic rings. The SMILES string of the molecule is c1ccc(-c2ccc(-c3nc(-c4ccc5ccc(-c6ccccc6)cc5c4)nc(-c4cccc5oc6c(-c7ccc(-c8ccc9ccccc9c8)cc7)cccc6c45)n3)cc2)cc1. The molecule has 0 unspecified atom stereocenters. The third kappa shape index (κ3) is 6.71. The summed E-state index contributed by atoms with van der Waals surface area (Å²) >= 11 is 0. The zero-order chi connectivity index (χ0) is 41.7. The van der Waals surface area contributed by atoms with E-state index in [0.29, 0.717) is 17.5 Å². The molecule has 10 aromatic carbocycles. The van der Waals surface area contributed by atoms with Gasteiger partial charge < -0.3 is 4.42 Å². The number of aromatic nitrogens is 3. The van der Waals surface area contributed by atoms with Crippen molar-refractivity contribution >= 4 is 43.5 Å². The molecule has 0 radical (unpaired) electrons. The molecule has 12 aromatic rings. The smallest absolute Gasteiger partial charge is 0.164 e. The molecule has 0 saturated heterocycles. The molecule has 12 rings (SSSR count). The number of para-hydroxylation sites is 1. The van der Waals surface area contributed by atoms with Crippen LogP contribution in [0, 0.1) is 0 Å². The highest BCUT2D eigenvalue weighted by molar-refractivity contribution is 6.15. The fourth-order valence-electron chi connectivity index (χ4n) is 8.87. The maximum absolute atomic E-state index is 6.77. The second-order valence-electron chi connectivity index (χ2n) is 16.0. The molecule has 4 nitrogen and oxygen atoms in total. The summed E-state index contributed by atoms with van der Waals surface area (Å²) in [6, 6.07) is 78.8. The van der Waals surface area contributed by atoms with Gasteiger partial charge in [-0.05, 0) is 84.8 Å². The lowest BCUT2D eigenvalue weighted by molar-refractivity contribution is 0.670. The van der Waals surface area contributed by atoms with Crippen LogP contribution in [0.5, 0.6) is 0 Å². The maximum atomic E-state index is 6.77. The minimum atomic E-state index is 0.582. The number of nitrogens with zero attached hydrogens (tertiary/aromatic N) is 3. The quantitative estimate of drug-likeness (QED) is 0.161. The Morgan fingerprint density at radius 1 is 0.270 bits per heavy atom. The summed E-state index contributed by atoms with van der Waals surface area (Å²) in [4.78, 5) is 15.7. The van der Waals surface area contributed by atoms with Crippen LogP contribution >= 0.6 is 0 Å². The second kappa shape index (κ2) is 15.2. The van der Waals surface area contributed by atoms with Crippen molar-refractivity contribution < 1.29 is 4.42 Å².